The van der Waals surface area contributed by atoms with E-state index < -0.39 is 0 Å². The monoisotopic (exact) mass is 962 g/mol. The van der Waals surface area contributed by atoms with E-state index in [0.29, 0.717) is 62.5 Å². The predicted molar refractivity (Wildman–Crippen MR) is 259 cm³/mol. The summed E-state index contributed by atoms with van der Waals surface area (Å²) in [5.74, 6) is 2.38. The number of carbonyl (C=O) groups is 2. The number of aromatic nitrogens is 4. The van der Waals surface area contributed by atoms with Crippen LogP contribution in [-0.2, 0) is 9.59 Å². The summed E-state index contributed by atoms with van der Waals surface area (Å²) < 4.78 is 49.9. The molecule has 2 saturated carbocycles. The zero-order valence-electron chi connectivity index (χ0n) is 36.0. The molecule has 0 radical (unpaired) electrons. The first-order valence-electron chi connectivity index (χ1n) is 21.6. The van der Waals surface area contributed by atoms with Gasteiger partial charge in [0, 0.05) is 70.1 Å². The molecule has 4 aromatic carbocycles. The highest BCUT2D eigenvalue weighted by molar-refractivity contribution is 7.17. The Kier molecular flexibility index (Phi) is 15.8. The number of nitrogen functional groups attached to an aromatic ring is 1. The van der Waals surface area contributed by atoms with E-state index in [0.717, 1.165) is 79.8 Å². The van der Waals surface area contributed by atoms with Crippen LogP contribution in [0.2, 0.25) is 0 Å². The van der Waals surface area contributed by atoms with Crippen LogP contribution in [0.4, 0.5) is 20.2 Å². The summed E-state index contributed by atoms with van der Waals surface area (Å²) in [4.78, 5) is 40.8. The minimum atomic E-state index is -0.276. The number of halogens is 3. The van der Waals surface area contributed by atoms with E-state index in [1.54, 1.807) is 30.3 Å². The number of nitrogens with one attached hydrogen (secondary N) is 1. The SMILES string of the molecule is Nc1cccc(OCCCOc2ncnc3scc(-c4ccc(F)cc4)c23)c1.O=C(Cl)C1CC1.O=C(Nc1cccc(OCCCOc2ncnc3scc(-c4ccc(F)cc4)c23)c1)C1CC1. The van der Waals surface area contributed by atoms with Gasteiger partial charge in [-0.2, -0.15) is 0 Å². The number of ether oxygens (including phenoxy) is 4. The number of fused-ring (bicyclic) bond motifs is 2. The first kappa shape index (κ1) is 46.8. The van der Waals surface area contributed by atoms with Gasteiger partial charge in [0.05, 0.1) is 37.2 Å². The number of benzene rings is 4. The number of nitrogens with zero attached hydrogens (tertiary/aromatic N) is 4. The number of hydrogen-bond donors (Lipinski definition) is 2. The van der Waals surface area contributed by atoms with Crippen molar-refractivity contribution >= 4 is 77.2 Å². The number of thiophene rings is 2. The summed E-state index contributed by atoms with van der Waals surface area (Å²) in [7, 11) is 0. The molecule has 4 heterocycles. The van der Waals surface area contributed by atoms with Crippen molar-refractivity contribution in [3.63, 3.8) is 0 Å². The van der Waals surface area contributed by atoms with Crippen molar-refractivity contribution in [2.45, 2.75) is 38.5 Å². The number of carbonyl (C=O) groups excluding carboxylic acids is 2. The zero-order chi connectivity index (χ0) is 46.5. The van der Waals surface area contributed by atoms with Crippen molar-refractivity contribution in [1.29, 1.82) is 0 Å². The van der Waals surface area contributed by atoms with Crippen molar-refractivity contribution in [3.8, 4) is 45.5 Å². The number of nitrogens with two attached hydrogens (primary N) is 1. The lowest BCUT2D eigenvalue weighted by Crippen LogP contribution is -2.13. The van der Waals surface area contributed by atoms with Gasteiger partial charge in [-0.1, -0.05) is 36.4 Å². The van der Waals surface area contributed by atoms with E-state index >= 15 is 0 Å². The molecule has 3 N–H and O–H groups in total. The van der Waals surface area contributed by atoms with E-state index in [1.807, 2.05) is 53.2 Å². The first-order valence-corrected chi connectivity index (χ1v) is 23.8. The maximum Gasteiger partial charge on any atom is 0.227 e. The van der Waals surface area contributed by atoms with Gasteiger partial charge in [0.25, 0.3) is 0 Å². The molecule has 0 bridgehead atoms. The fraction of sp³-hybridized carbons (Fsp3) is 0.240. The Morgan fingerprint density at radius 1 is 0.627 bits per heavy atom. The standard InChI is InChI=1S/C25H22FN3O3S.C21H18FN3O2S.C4H5ClO/c26-18-9-7-16(8-10-18)21-14-33-25-22(21)24(27-15-28-25)32-12-2-11-31-20-4-1-3-19(13-20)29-23(30)17-5-6-17;22-15-7-5-14(6-8-15)18-12-28-21-19(18)20(24-13-25-21)27-10-2-9-26-17-4-1-3-16(23)11-17;5-4(6)3-1-2-3/h1,3-4,7-10,13-15,17H,2,5-6,11-12H2,(H,29,30);1,3-8,11-13H,2,9-10,23H2;3H,1-2H2. The quantitative estimate of drug-likeness (QED) is 0.0508. The predicted octanol–water partition coefficient (Wildman–Crippen LogP) is 11.8. The van der Waals surface area contributed by atoms with Gasteiger partial charge in [0.15, 0.2) is 0 Å². The molecular formula is C50H45ClF2N6O6S2. The van der Waals surface area contributed by atoms with Crippen LogP contribution >= 0.6 is 34.3 Å². The van der Waals surface area contributed by atoms with Gasteiger partial charge >= 0.3 is 0 Å². The van der Waals surface area contributed by atoms with Crippen LogP contribution in [0.25, 0.3) is 42.7 Å². The normalized spacial score (nSPS) is 12.9. The summed E-state index contributed by atoms with van der Waals surface area (Å²) in [6.07, 6.45) is 8.29. The first-order chi connectivity index (χ1) is 32.7. The van der Waals surface area contributed by atoms with Crippen LogP contribution < -0.4 is 30.0 Å². The second kappa shape index (κ2) is 22.6. The third kappa shape index (κ3) is 13.2. The maximum absolute atomic E-state index is 13.3. The van der Waals surface area contributed by atoms with E-state index in [-0.39, 0.29) is 34.6 Å². The lowest BCUT2D eigenvalue weighted by molar-refractivity contribution is -0.117. The molecule has 8 aromatic rings. The van der Waals surface area contributed by atoms with Crippen LogP contribution in [0.1, 0.15) is 38.5 Å². The van der Waals surface area contributed by atoms with Gasteiger partial charge in [-0.25, -0.2) is 28.7 Å². The Bertz CT molecular complexity index is 2930. The molecule has 67 heavy (non-hydrogen) atoms. The second-order valence-electron chi connectivity index (χ2n) is 15.6. The topological polar surface area (TPSA) is 161 Å². The number of hydrogen-bond acceptors (Lipinski definition) is 13. The Morgan fingerprint density at radius 2 is 1.10 bits per heavy atom. The van der Waals surface area contributed by atoms with Gasteiger partial charge in [-0.15, -0.1) is 22.7 Å². The Labute approximate surface area is 398 Å². The van der Waals surface area contributed by atoms with E-state index in [2.05, 4.69) is 25.3 Å². The van der Waals surface area contributed by atoms with Crippen molar-refractivity contribution in [2.24, 2.45) is 11.8 Å². The van der Waals surface area contributed by atoms with Crippen LogP contribution in [0.5, 0.6) is 23.3 Å². The molecule has 2 fully saturated rings. The van der Waals surface area contributed by atoms with Gasteiger partial charge in [-0.3, -0.25) is 9.59 Å². The lowest BCUT2D eigenvalue weighted by Gasteiger charge is -2.10. The van der Waals surface area contributed by atoms with Gasteiger partial charge in [0.1, 0.15) is 45.4 Å². The summed E-state index contributed by atoms with van der Waals surface area (Å²) in [6, 6.07) is 27.5. The highest BCUT2D eigenvalue weighted by Crippen LogP contribution is 2.39. The number of anilines is 2. The molecule has 0 atom stereocenters. The summed E-state index contributed by atoms with van der Waals surface area (Å²) in [5, 5.41) is 8.41. The van der Waals surface area contributed by atoms with Crippen LogP contribution in [-0.4, -0.2) is 57.5 Å². The molecule has 2 aliphatic rings. The average molecular weight is 964 g/mol. The van der Waals surface area contributed by atoms with Crippen molar-refractivity contribution < 1.29 is 37.3 Å². The average Bonchev–Trinajstić information content (AvgIpc) is 4.28. The lowest BCUT2D eigenvalue weighted by atomic mass is 10.1. The summed E-state index contributed by atoms with van der Waals surface area (Å²) in [6.45, 7) is 1.84. The molecular weight excluding hydrogens is 918 g/mol. The van der Waals surface area contributed by atoms with Crippen molar-refractivity contribution in [2.75, 3.05) is 37.5 Å². The van der Waals surface area contributed by atoms with Gasteiger partial charge in [-0.05, 0) is 96.9 Å². The molecule has 10 rings (SSSR count). The van der Waals surface area contributed by atoms with Crippen LogP contribution in [0, 0.1) is 23.5 Å². The second-order valence-corrected chi connectivity index (χ2v) is 17.7. The molecule has 4 aromatic heterocycles. The zero-order valence-corrected chi connectivity index (χ0v) is 38.4. The molecule has 0 unspecified atom stereocenters. The van der Waals surface area contributed by atoms with E-state index in [9.17, 15) is 18.4 Å². The molecule has 344 valence electrons. The molecule has 17 heteroatoms. The van der Waals surface area contributed by atoms with E-state index in [4.69, 9.17) is 36.3 Å². The van der Waals surface area contributed by atoms with Gasteiger partial charge < -0.3 is 30.0 Å². The van der Waals surface area contributed by atoms with Crippen LogP contribution in [0.3, 0.4) is 0 Å². The Morgan fingerprint density at radius 3 is 1.57 bits per heavy atom. The smallest absolute Gasteiger partial charge is 0.227 e. The molecule has 12 nitrogen and oxygen atoms in total. The fourth-order valence-electron chi connectivity index (χ4n) is 6.60. The highest BCUT2D eigenvalue weighted by Gasteiger charge is 2.29. The minimum Gasteiger partial charge on any atom is -0.493 e. The summed E-state index contributed by atoms with van der Waals surface area (Å²) in [5.41, 5.74) is 10.8. The van der Waals surface area contributed by atoms with Crippen molar-refractivity contribution in [3.05, 3.63) is 132 Å². The van der Waals surface area contributed by atoms with Crippen LogP contribution in [0.15, 0.2) is 120 Å². The molecule has 2 aliphatic carbocycles. The number of rotatable bonds is 17. The Hall–Kier alpha value is -6.75. The highest BCUT2D eigenvalue weighted by atomic mass is 35.5. The van der Waals surface area contributed by atoms with Crippen molar-refractivity contribution in [1.82, 2.24) is 19.9 Å². The van der Waals surface area contributed by atoms with E-state index in [1.165, 1.54) is 59.6 Å². The third-order valence-corrected chi connectivity index (χ3v) is 12.5. The van der Waals surface area contributed by atoms with Gasteiger partial charge in [0.2, 0.25) is 22.9 Å². The Balaban J connectivity index is 0.000000163. The largest absolute Gasteiger partial charge is 0.493 e. The minimum absolute atomic E-state index is 0.0742. The fourth-order valence-corrected chi connectivity index (χ4v) is 8.63. The molecule has 0 saturated heterocycles. The molecule has 0 spiro atoms. The number of amides is 1. The molecule has 1 amide bonds. The summed E-state index contributed by atoms with van der Waals surface area (Å²) >= 11 is 8.04. The third-order valence-electron chi connectivity index (χ3n) is 10.4. The molecule has 0 aliphatic heterocycles. The maximum atomic E-state index is 13.3.